The van der Waals surface area contributed by atoms with E-state index in [4.69, 9.17) is 11.6 Å². The number of unbranched alkanes of at least 4 members (excludes halogenated alkanes) is 3. The highest BCUT2D eigenvalue weighted by Gasteiger charge is 2.02. The van der Waals surface area contributed by atoms with Crippen LogP contribution < -0.4 is 5.32 Å². The fraction of sp³-hybridized carbons (Fsp3) is 0.562. The predicted molar refractivity (Wildman–Crippen MR) is 82.9 cm³/mol. The Balaban J connectivity index is 2.32. The van der Waals surface area contributed by atoms with E-state index in [-0.39, 0.29) is 5.91 Å². The van der Waals surface area contributed by atoms with Crippen LogP contribution in [0.4, 0.5) is 5.69 Å². The number of aryl methyl sites for hydroxylation is 1. The van der Waals surface area contributed by atoms with Crippen molar-refractivity contribution in [2.75, 3.05) is 11.2 Å². The van der Waals surface area contributed by atoms with Crippen LogP contribution in [0.15, 0.2) is 24.3 Å². The first-order valence-electron chi connectivity index (χ1n) is 7.21. The van der Waals surface area contributed by atoms with E-state index in [2.05, 4.69) is 24.4 Å². The number of carbonyl (C=O) groups is 1. The molecule has 1 N–H and O–H groups in total. The number of halogens is 1. The summed E-state index contributed by atoms with van der Waals surface area (Å²) in [6.07, 6.45) is 7.18. The highest BCUT2D eigenvalue weighted by Crippen LogP contribution is 2.13. The zero-order valence-electron chi connectivity index (χ0n) is 11.8. The van der Waals surface area contributed by atoms with E-state index in [1.54, 1.807) is 0 Å². The SMILES string of the molecule is CCCCCc1ccc(NC(=O)CCCCCl)cc1. The lowest BCUT2D eigenvalue weighted by atomic mass is 10.1. The predicted octanol–water partition coefficient (Wildman–Crippen LogP) is 4.77. The van der Waals surface area contributed by atoms with Gasteiger partial charge in [0, 0.05) is 18.0 Å². The number of hydrogen-bond acceptors (Lipinski definition) is 1. The molecule has 2 nitrogen and oxygen atoms in total. The standard InChI is InChI=1S/C16H24ClNO/c1-2-3-4-7-14-9-11-15(12-10-14)18-16(19)8-5-6-13-17/h9-12H,2-8,13H2,1H3,(H,18,19). The van der Waals surface area contributed by atoms with Gasteiger partial charge >= 0.3 is 0 Å². The van der Waals surface area contributed by atoms with Gasteiger partial charge in [-0.1, -0.05) is 31.9 Å². The molecule has 0 fully saturated rings. The van der Waals surface area contributed by atoms with E-state index in [1.807, 2.05) is 12.1 Å². The van der Waals surface area contributed by atoms with Gasteiger partial charge in [-0.3, -0.25) is 4.79 Å². The molecule has 0 atom stereocenters. The average molecular weight is 282 g/mol. The summed E-state index contributed by atoms with van der Waals surface area (Å²) >= 11 is 5.58. The molecule has 19 heavy (non-hydrogen) atoms. The number of anilines is 1. The molecule has 3 heteroatoms. The third kappa shape index (κ3) is 7.22. The van der Waals surface area contributed by atoms with E-state index in [1.165, 1.54) is 24.8 Å². The minimum atomic E-state index is 0.0730. The zero-order valence-corrected chi connectivity index (χ0v) is 12.5. The smallest absolute Gasteiger partial charge is 0.224 e. The van der Waals surface area contributed by atoms with E-state index in [9.17, 15) is 4.79 Å². The minimum absolute atomic E-state index is 0.0730. The molecule has 0 saturated carbocycles. The monoisotopic (exact) mass is 281 g/mol. The Bertz CT molecular complexity index is 362. The minimum Gasteiger partial charge on any atom is -0.326 e. The Morgan fingerprint density at radius 1 is 1.11 bits per heavy atom. The maximum Gasteiger partial charge on any atom is 0.224 e. The van der Waals surface area contributed by atoms with Crippen molar-refractivity contribution in [1.82, 2.24) is 0 Å². The van der Waals surface area contributed by atoms with Crippen LogP contribution in [0.1, 0.15) is 51.0 Å². The normalized spacial score (nSPS) is 10.4. The summed E-state index contributed by atoms with van der Waals surface area (Å²) in [6.45, 7) is 2.21. The Hall–Kier alpha value is -1.02. The summed E-state index contributed by atoms with van der Waals surface area (Å²) in [5, 5.41) is 2.91. The Labute approximate surface area is 121 Å². The third-order valence-corrected chi connectivity index (χ3v) is 3.36. The zero-order chi connectivity index (χ0) is 13.9. The Kier molecular flexibility index (Phi) is 8.31. The van der Waals surface area contributed by atoms with Crippen LogP contribution in [0.3, 0.4) is 0 Å². The molecule has 1 amide bonds. The van der Waals surface area contributed by atoms with Crippen LogP contribution in [0, 0.1) is 0 Å². The molecule has 0 aromatic heterocycles. The van der Waals surface area contributed by atoms with Gasteiger partial charge in [0.1, 0.15) is 0 Å². The first-order chi connectivity index (χ1) is 9.26. The highest BCUT2D eigenvalue weighted by molar-refractivity contribution is 6.17. The molecule has 0 aliphatic heterocycles. The second-order valence-corrected chi connectivity index (χ2v) is 5.23. The van der Waals surface area contributed by atoms with Gasteiger partial charge in [0.25, 0.3) is 0 Å². The molecular weight excluding hydrogens is 258 g/mol. The van der Waals surface area contributed by atoms with Gasteiger partial charge in [-0.15, -0.1) is 11.6 Å². The number of rotatable bonds is 9. The fourth-order valence-electron chi connectivity index (χ4n) is 1.94. The topological polar surface area (TPSA) is 29.1 Å². The summed E-state index contributed by atoms with van der Waals surface area (Å²) in [5.74, 6) is 0.698. The molecule has 0 aliphatic rings. The fourth-order valence-corrected chi connectivity index (χ4v) is 2.13. The summed E-state index contributed by atoms with van der Waals surface area (Å²) in [7, 11) is 0. The van der Waals surface area contributed by atoms with Crippen LogP contribution in [0.2, 0.25) is 0 Å². The van der Waals surface area contributed by atoms with Gasteiger partial charge < -0.3 is 5.32 Å². The van der Waals surface area contributed by atoms with Crippen molar-refractivity contribution in [3.05, 3.63) is 29.8 Å². The molecule has 106 valence electrons. The molecule has 0 unspecified atom stereocenters. The largest absolute Gasteiger partial charge is 0.326 e. The quantitative estimate of drug-likeness (QED) is 0.513. The molecule has 0 saturated heterocycles. The maximum atomic E-state index is 11.6. The first kappa shape index (κ1) is 16.0. The molecule has 1 aromatic carbocycles. The molecule has 1 rings (SSSR count). The van der Waals surface area contributed by atoms with Crippen molar-refractivity contribution in [2.24, 2.45) is 0 Å². The number of carbonyl (C=O) groups excluding carboxylic acids is 1. The number of hydrogen-bond donors (Lipinski definition) is 1. The van der Waals surface area contributed by atoms with Gasteiger partial charge in [-0.25, -0.2) is 0 Å². The van der Waals surface area contributed by atoms with Crippen LogP contribution in [0.25, 0.3) is 0 Å². The summed E-state index contributed by atoms with van der Waals surface area (Å²) in [6, 6.07) is 8.18. The number of benzene rings is 1. The van der Waals surface area contributed by atoms with Crippen LogP contribution in [-0.2, 0) is 11.2 Å². The van der Waals surface area contributed by atoms with E-state index in [0.29, 0.717) is 12.3 Å². The molecule has 0 radical (unpaired) electrons. The van der Waals surface area contributed by atoms with Crippen molar-refractivity contribution < 1.29 is 4.79 Å². The molecular formula is C16H24ClNO. The van der Waals surface area contributed by atoms with Gasteiger partial charge in [-0.2, -0.15) is 0 Å². The maximum absolute atomic E-state index is 11.6. The lowest BCUT2D eigenvalue weighted by Crippen LogP contribution is -2.11. The second-order valence-electron chi connectivity index (χ2n) is 4.85. The number of nitrogens with one attached hydrogen (secondary N) is 1. The van der Waals surface area contributed by atoms with E-state index < -0.39 is 0 Å². The highest BCUT2D eigenvalue weighted by atomic mass is 35.5. The summed E-state index contributed by atoms with van der Waals surface area (Å²) in [4.78, 5) is 11.6. The van der Waals surface area contributed by atoms with Gasteiger partial charge in [0.05, 0.1) is 0 Å². The third-order valence-electron chi connectivity index (χ3n) is 3.09. The molecule has 1 aromatic rings. The van der Waals surface area contributed by atoms with Crippen molar-refractivity contribution in [3.63, 3.8) is 0 Å². The summed E-state index contributed by atoms with van der Waals surface area (Å²) < 4.78 is 0. The Morgan fingerprint density at radius 2 is 1.84 bits per heavy atom. The van der Waals surface area contributed by atoms with Crippen molar-refractivity contribution in [2.45, 2.75) is 51.9 Å². The van der Waals surface area contributed by atoms with Crippen molar-refractivity contribution >= 4 is 23.2 Å². The molecule has 0 bridgehead atoms. The van der Waals surface area contributed by atoms with Crippen LogP contribution >= 0.6 is 11.6 Å². The van der Waals surface area contributed by atoms with E-state index >= 15 is 0 Å². The van der Waals surface area contributed by atoms with Gasteiger partial charge in [-0.05, 0) is 43.4 Å². The van der Waals surface area contributed by atoms with E-state index in [0.717, 1.165) is 24.9 Å². The number of amides is 1. The van der Waals surface area contributed by atoms with Crippen LogP contribution in [-0.4, -0.2) is 11.8 Å². The van der Waals surface area contributed by atoms with Crippen molar-refractivity contribution in [1.29, 1.82) is 0 Å². The van der Waals surface area contributed by atoms with Crippen molar-refractivity contribution in [3.8, 4) is 0 Å². The van der Waals surface area contributed by atoms with Crippen LogP contribution in [0.5, 0.6) is 0 Å². The van der Waals surface area contributed by atoms with Gasteiger partial charge in [0.15, 0.2) is 0 Å². The summed E-state index contributed by atoms with van der Waals surface area (Å²) in [5.41, 5.74) is 2.23. The van der Waals surface area contributed by atoms with Gasteiger partial charge in [0.2, 0.25) is 5.91 Å². The number of alkyl halides is 1. The Morgan fingerprint density at radius 3 is 2.47 bits per heavy atom. The molecule has 0 heterocycles. The average Bonchev–Trinajstić information content (AvgIpc) is 2.41. The second kappa shape index (κ2) is 9.85. The lowest BCUT2D eigenvalue weighted by molar-refractivity contribution is -0.116. The molecule has 0 aliphatic carbocycles. The first-order valence-corrected chi connectivity index (χ1v) is 7.74. The lowest BCUT2D eigenvalue weighted by Gasteiger charge is -2.06. The molecule has 0 spiro atoms.